The van der Waals surface area contributed by atoms with Gasteiger partial charge in [0.05, 0.1) is 0 Å². The van der Waals surface area contributed by atoms with Crippen molar-refractivity contribution in [3.63, 3.8) is 0 Å². The molecular formula is C20H44ClP. The molecule has 0 aliphatic rings. The summed E-state index contributed by atoms with van der Waals surface area (Å²) >= 11 is 6.58. The molecule has 0 saturated carbocycles. The van der Waals surface area contributed by atoms with Gasteiger partial charge in [-0.05, 0) is 0 Å². The fourth-order valence-electron chi connectivity index (χ4n) is 3.02. The molecule has 0 saturated heterocycles. The zero-order valence-electron chi connectivity index (χ0n) is 16.1. The molecule has 0 rings (SSSR count). The summed E-state index contributed by atoms with van der Waals surface area (Å²) in [6, 6.07) is 0. The number of halogens is 1. The normalized spacial score (nSPS) is 14.0. The van der Waals surface area contributed by atoms with Crippen LogP contribution in [0, 0.1) is 0 Å². The fourth-order valence-corrected chi connectivity index (χ4v) is 4.67. The van der Waals surface area contributed by atoms with Gasteiger partial charge in [-0.15, -0.1) is 0 Å². The van der Waals surface area contributed by atoms with Crippen molar-refractivity contribution in [2.45, 2.75) is 103 Å². The van der Waals surface area contributed by atoms with Crippen LogP contribution in [0.5, 0.6) is 0 Å². The van der Waals surface area contributed by atoms with Gasteiger partial charge in [-0.1, -0.05) is 32.6 Å². The van der Waals surface area contributed by atoms with Gasteiger partial charge in [0.25, 0.3) is 0 Å². The number of unbranched alkanes of at least 4 members (excludes halogenated alkanes) is 14. The molecule has 0 aromatic heterocycles. The van der Waals surface area contributed by atoms with E-state index < -0.39 is 5.96 Å². The van der Waals surface area contributed by atoms with Crippen LogP contribution in [0.15, 0.2) is 0 Å². The maximum absolute atomic E-state index is 6.58. The van der Waals surface area contributed by atoms with Crippen molar-refractivity contribution in [3.05, 3.63) is 0 Å². The summed E-state index contributed by atoms with van der Waals surface area (Å²) < 4.78 is 0. The topological polar surface area (TPSA) is 0 Å². The summed E-state index contributed by atoms with van der Waals surface area (Å²) in [5.74, 6) is -1.75. The Hall–Kier alpha value is 0.720. The molecular weight excluding hydrogens is 307 g/mol. The minimum atomic E-state index is -1.75. The summed E-state index contributed by atoms with van der Waals surface area (Å²) in [6.07, 6.45) is 22.8. The van der Waals surface area contributed by atoms with Crippen LogP contribution < -0.4 is 0 Å². The molecule has 0 nitrogen and oxygen atoms in total. The van der Waals surface area contributed by atoms with Crippen LogP contribution in [-0.2, 0) is 0 Å². The van der Waals surface area contributed by atoms with E-state index in [-0.39, 0.29) is 0 Å². The number of hydrogen-bond donors (Lipinski definition) is 0. The molecule has 0 amide bonds. The van der Waals surface area contributed by atoms with Crippen molar-refractivity contribution < 1.29 is 0 Å². The zero-order valence-corrected chi connectivity index (χ0v) is 17.8. The summed E-state index contributed by atoms with van der Waals surface area (Å²) in [5.41, 5.74) is 0. The van der Waals surface area contributed by atoms with E-state index in [1.165, 1.54) is 102 Å². The predicted molar refractivity (Wildman–Crippen MR) is 110 cm³/mol. The van der Waals surface area contributed by atoms with Crippen LogP contribution in [0.3, 0.4) is 0 Å². The van der Waals surface area contributed by atoms with Gasteiger partial charge in [-0.25, -0.2) is 0 Å². The monoisotopic (exact) mass is 350 g/mol. The van der Waals surface area contributed by atoms with Crippen molar-refractivity contribution in [2.75, 3.05) is 26.2 Å². The average molecular weight is 351 g/mol. The van der Waals surface area contributed by atoms with Crippen molar-refractivity contribution in [2.24, 2.45) is 0 Å². The van der Waals surface area contributed by atoms with Crippen molar-refractivity contribution in [3.8, 4) is 0 Å². The van der Waals surface area contributed by atoms with E-state index >= 15 is 0 Å². The van der Waals surface area contributed by atoms with E-state index in [4.69, 9.17) is 11.2 Å². The summed E-state index contributed by atoms with van der Waals surface area (Å²) in [6.45, 7) is 9.12. The van der Waals surface area contributed by atoms with Gasteiger partial charge in [0.2, 0.25) is 0 Å². The second kappa shape index (κ2) is 13.1. The van der Waals surface area contributed by atoms with Crippen LogP contribution in [0.1, 0.15) is 103 Å². The Morgan fingerprint density at radius 1 is 0.500 bits per heavy atom. The van der Waals surface area contributed by atoms with Gasteiger partial charge in [-0.3, -0.25) is 0 Å². The number of rotatable bonds is 16. The third-order valence-corrected chi connectivity index (χ3v) is 6.85. The van der Waals surface area contributed by atoms with E-state index in [9.17, 15) is 0 Å². The molecule has 0 spiro atoms. The first-order valence-electron chi connectivity index (χ1n) is 10.0. The molecule has 2 heteroatoms. The minimum absolute atomic E-state index is 1.26. The second-order valence-corrected chi connectivity index (χ2v) is 18.6. The standard InChI is InChI=1S/C20H44ClP/c1-5-6-7-8-9-10-11-12-13-14-15-16-17-18-19-20-22(2,3,4)21/h5-20H2,1-4H3. The molecule has 136 valence electrons. The van der Waals surface area contributed by atoms with Crippen LogP contribution >= 0.6 is 17.2 Å². The van der Waals surface area contributed by atoms with Crippen LogP contribution in [-0.4, -0.2) is 26.2 Å². The Morgan fingerprint density at radius 3 is 1.05 bits per heavy atom. The summed E-state index contributed by atoms with van der Waals surface area (Å²) in [7, 11) is 0. The molecule has 0 fully saturated rings. The van der Waals surface area contributed by atoms with Gasteiger partial charge in [0.1, 0.15) is 0 Å². The van der Waals surface area contributed by atoms with E-state index in [1.54, 1.807) is 0 Å². The molecule has 0 aliphatic carbocycles. The van der Waals surface area contributed by atoms with Crippen molar-refractivity contribution in [1.29, 1.82) is 0 Å². The first-order chi connectivity index (χ1) is 10.3. The molecule has 0 aromatic rings. The average Bonchev–Trinajstić information content (AvgIpc) is 2.41. The summed E-state index contributed by atoms with van der Waals surface area (Å²) in [4.78, 5) is 0. The first-order valence-corrected chi connectivity index (χ1v) is 14.7. The Kier molecular flexibility index (Phi) is 13.5. The predicted octanol–water partition coefficient (Wildman–Crippen LogP) is 8.45. The Balaban J connectivity index is 3.09. The number of hydrogen-bond acceptors (Lipinski definition) is 0. The SMILES string of the molecule is CCCCCCCCCCCCCCCCCP(C)(C)(C)Cl. The fraction of sp³-hybridized carbons (Fsp3) is 1.00. The molecule has 0 radical (unpaired) electrons. The van der Waals surface area contributed by atoms with Gasteiger partial charge in [-0.2, -0.15) is 0 Å². The van der Waals surface area contributed by atoms with E-state index in [0.29, 0.717) is 0 Å². The molecule has 0 aliphatic heterocycles. The van der Waals surface area contributed by atoms with E-state index in [1.807, 2.05) is 0 Å². The maximum atomic E-state index is 6.58. The Morgan fingerprint density at radius 2 is 0.773 bits per heavy atom. The Bertz CT molecular complexity index is 233. The van der Waals surface area contributed by atoms with Gasteiger partial charge in [0.15, 0.2) is 0 Å². The van der Waals surface area contributed by atoms with Gasteiger partial charge in [0, 0.05) is 0 Å². The van der Waals surface area contributed by atoms with Crippen molar-refractivity contribution in [1.82, 2.24) is 0 Å². The van der Waals surface area contributed by atoms with Gasteiger partial charge >= 0.3 is 114 Å². The molecule has 0 bridgehead atoms. The van der Waals surface area contributed by atoms with Crippen LogP contribution in [0.25, 0.3) is 0 Å². The molecule has 0 heterocycles. The summed E-state index contributed by atoms with van der Waals surface area (Å²) in [5, 5.41) is 0. The van der Waals surface area contributed by atoms with Crippen molar-refractivity contribution >= 4 is 17.2 Å². The van der Waals surface area contributed by atoms with E-state index in [0.717, 1.165) is 0 Å². The molecule has 0 N–H and O–H groups in total. The third-order valence-electron chi connectivity index (χ3n) is 4.52. The zero-order chi connectivity index (χ0) is 16.8. The second-order valence-electron chi connectivity index (χ2n) is 8.59. The molecule has 22 heavy (non-hydrogen) atoms. The van der Waals surface area contributed by atoms with Crippen LogP contribution in [0.4, 0.5) is 0 Å². The molecule has 0 atom stereocenters. The molecule has 0 unspecified atom stereocenters. The molecule has 0 aromatic carbocycles. The van der Waals surface area contributed by atoms with Gasteiger partial charge < -0.3 is 0 Å². The van der Waals surface area contributed by atoms with Crippen LogP contribution in [0.2, 0.25) is 0 Å². The van der Waals surface area contributed by atoms with E-state index in [2.05, 4.69) is 26.9 Å². The third kappa shape index (κ3) is 20.7. The first kappa shape index (κ1) is 22.7. The Labute approximate surface area is 146 Å². The quantitative estimate of drug-likeness (QED) is 0.193.